The van der Waals surface area contributed by atoms with Crippen LogP contribution in [0, 0.1) is 5.92 Å². The van der Waals surface area contributed by atoms with Gasteiger partial charge in [-0.3, -0.25) is 9.59 Å². The van der Waals surface area contributed by atoms with E-state index in [2.05, 4.69) is 0 Å². The van der Waals surface area contributed by atoms with E-state index < -0.39 is 21.1 Å². The van der Waals surface area contributed by atoms with Gasteiger partial charge in [-0.15, -0.1) is 0 Å². The average Bonchev–Trinajstić information content (AvgIpc) is 3.29. The maximum absolute atomic E-state index is 12.8. The normalized spacial score (nSPS) is 25.0. The molecule has 0 unspecified atom stereocenters. The molecule has 0 aliphatic carbocycles. The van der Waals surface area contributed by atoms with E-state index in [1.807, 2.05) is 60.1 Å². The van der Waals surface area contributed by atoms with E-state index in [1.54, 1.807) is 4.90 Å². The number of benzene rings is 1. The molecule has 2 aromatic rings. The molecule has 4 rings (SSSR count). The molecule has 1 aromatic heterocycles. The van der Waals surface area contributed by atoms with E-state index in [0.29, 0.717) is 13.1 Å². The van der Waals surface area contributed by atoms with Gasteiger partial charge in [0.25, 0.3) is 5.97 Å². The predicted octanol–water partition coefficient (Wildman–Crippen LogP) is 0.918. The summed E-state index contributed by atoms with van der Waals surface area (Å²) in [4.78, 5) is 25.5. The van der Waals surface area contributed by atoms with E-state index in [0.717, 1.165) is 17.8 Å². The summed E-state index contributed by atoms with van der Waals surface area (Å²) < 4.78 is 26.8. The highest BCUT2D eigenvalue weighted by Crippen LogP contribution is 2.36. The van der Waals surface area contributed by atoms with Crippen LogP contribution in [0.15, 0.2) is 36.5 Å². The maximum atomic E-state index is 12.8. The second-order valence-electron chi connectivity index (χ2n) is 7.88. The molecule has 158 valence electrons. The molecular weight excluding hydrogens is 394 g/mol. The number of aliphatic carboxylic acids is 1. The second-order valence-corrected chi connectivity index (χ2v) is 10.1. The predicted molar refractivity (Wildman–Crippen MR) is 110 cm³/mol. The van der Waals surface area contributed by atoms with Gasteiger partial charge in [0, 0.05) is 43.7 Å². The zero-order valence-electron chi connectivity index (χ0n) is 16.9. The zero-order chi connectivity index (χ0) is 21.3. The minimum absolute atomic E-state index is 0.000193. The van der Waals surface area contributed by atoms with Crippen LogP contribution in [0.1, 0.15) is 6.92 Å². The molecule has 2 saturated heterocycles. The third-order valence-corrected chi connectivity index (χ3v) is 7.90. The summed E-state index contributed by atoms with van der Waals surface area (Å²) in [5, 5.41) is 8.11. The summed E-state index contributed by atoms with van der Waals surface area (Å²) in [6.07, 6.45) is 1.92. The van der Waals surface area contributed by atoms with Gasteiger partial charge < -0.3 is 19.5 Å². The third-order valence-electron chi connectivity index (χ3n) is 5.67. The maximum Gasteiger partial charge on any atom is 0.300 e. The van der Waals surface area contributed by atoms with Crippen molar-refractivity contribution in [3.8, 4) is 0 Å². The Bertz CT molecular complexity index is 1010. The summed E-state index contributed by atoms with van der Waals surface area (Å²) in [5.41, 5.74) is 1.02. The van der Waals surface area contributed by atoms with Crippen molar-refractivity contribution in [2.45, 2.75) is 24.8 Å². The molecule has 29 heavy (non-hydrogen) atoms. The molecule has 0 saturated carbocycles. The smallest absolute Gasteiger partial charge is 0.300 e. The number of nitrogens with zero attached hydrogens (tertiary/aromatic N) is 3. The van der Waals surface area contributed by atoms with E-state index >= 15 is 0 Å². The number of carboxylic acids is 1. The second kappa shape index (κ2) is 8.16. The Morgan fingerprint density at radius 1 is 1.17 bits per heavy atom. The van der Waals surface area contributed by atoms with Crippen LogP contribution < -0.4 is 0 Å². The monoisotopic (exact) mass is 421 g/mol. The van der Waals surface area contributed by atoms with Gasteiger partial charge in [0.1, 0.15) is 6.54 Å². The summed E-state index contributed by atoms with van der Waals surface area (Å²) in [6.45, 7) is 2.19. The molecule has 9 heteroatoms. The number of carboxylic acid groups (broad SMARTS) is 1. The molecule has 0 spiro atoms. The number of carbonyl (C=O) groups excluding carboxylic acids is 1. The number of sulfone groups is 1. The lowest BCUT2D eigenvalue weighted by Gasteiger charge is -2.25. The van der Waals surface area contributed by atoms with Crippen LogP contribution in [0.2, 0.25) is 0 Å². The van der Waals surface area contributed by atoms with Crippen LogP contribution in [-0.4, -0.2) is 84.0 Å². The Labute approximate surface area is 170 Å². The van der Waals surface area contributed by atoms with Crippen molar-refractivity contribution in [1.29, 1.82) is 0 Å². The number of carbonyl (C=O) groups is 2. The topological polar surface area (TPSA) is 99.9 Å². The molecule has 1 amide bonds. The molecule has 8 nitrogen and oxygen atoms in total. The van der Waals surface area contributed by atoms with Crippen LogP contribution in [0.5, 0.6) is 0 Å². The summed E-state index contributed by atoms with van der Waals surface area (Å²) in [5.74, 6) is -0.617. The number of likely N-dealkylation sites (tertiary alicyclic amines) is 1. The van der Waals surface area contributed by atoms with E-state index in [4.69, 9.17) is 9.90 Å². The molecule has 0 bridgehead atoms. The van der Waals surface area contributed by atoms with Crippen LogP contribution in [0.3, 0.4) is 0 Å². The van der Waals surface area contributed by atoms with Crippen LogP contribution in [-0.2, 0) is 26.0 Å². The lowest BCUT2D eigenvalue weighted by atomic mass is 10.00. The van der Waals surface area contributed by atoms with Gasteiger partial charge in [0.15, 0.2) is 9.84 Å². The van der Waals surface area contributed by atoms with Crippen molar-refractivity contribution in [3.63, 3.8) is 0 Å². The molecule has 2 aliphatic rings. The fourth-order valence-electron chi connectivity index (χ4n) is 4.29. The van der Waals surface area contributed by atoms with Gasteiger partial charge in [-0.05, 0) is 31.6 Å². The van der Waals surface area contributed by atoms with Crippen LogP contribution in [0.25, 0.3) is 10.9 Å². The first-order valence-corrected chi connectivity index (χ1v) is 11.2. The van der Waals surface area contributed by atoms with Crippen molar-refractivity contribution >= 4 is 32.6 Å². The molecule has 3 heterocycles. The van der Waals surface area contributed by atoms with Crippen molar-refractivity contribution in [2.24, 2.45) is 5.92 Å². The van der Waals surface area contributed by atoms with Gasteiger partial charge >= 0.3 is 0 Å². The van der Waals surface area contributed by atoms with Gasteiger partial charge in [0.2, 0.25) is 5.91 Å². The standard InChI is InChI=1S/C18H23N3O3S.C2H4O2/c1-19(2)16-12-25(23,24)17-10-21(9-14(16)17)18(22)11-20-8-7-13-5-3-4-6-15(13)20;1-2(3)4/h3-8,14,16-17H,9-12H2,1-2H3;1H3,(H,3,4)/t14-,16+,17-;/m0./s1. The number of aromatic nitrogens is 1. The number of para-hydroxylation sites is 1. The minimum Gasteiger partial charge on any atom is -0.481 e. The Morgan fingerprint density at radius 3 is 2.48 bits per heavy atom. The summed E-state index contributed by atoms with van der Waals surface area (Å²) >= 11 is 0. The SMILES string of the molecule is CC(=O)O.CN(C)[C@@H]1CS(=O)(=O)[C@H]2CN(C(=O)Cn3ccc4ccccc43)C[C@@H]12. The highest BCUT2D eigenvalue weighted by molar-refractivity contribution is 7.92. The van der Waals surface area contributed by atoms with Crippen molar-refractivity contribution in [2.75, 3.05) is 32.9 Å². The van der Waals surface area contributed by atoms with E-state index in [-0.39, 0.29) is 30.2 Å². The Balaban J connectivity index is 0.000000552. The molecule has 2 aliphatic heterocycles. The lowest BCUT2D eigenvalue weighted by Crippen LogP contribution is -2.39. The molecule has 1 aromatic carbocycles. The van der Waals surface area contributed by atoms with Gasteiger partial charge in [0.05, 0.1) is 11.0 Å². The zero-order valence-corrected chi connectivity index (χ0v) is 17.7. The van der Waals surface area contributed by atoms with Gasteiger partial charge in [-0.25, -0.2) is 8.42 Å². The Morgan fingerprint density at radius 2 is 1.83 bits per heavy atom. The van der Waals surface area contributed by atoms with Gasteiger partial charge in [-0.1, -0.05) is 18.2 Å². The molecule has 1 N–H and O–H groups in total. The highest BCUT2D eigenvalue weighted by Gasteiger charge is 2.53. The fraction of sp³-hybridized carbons (Fsp3) is 0.500. The first-order valence-electron chi connectivity index (χ1n) is 9.49. The lowest BCUT2D eigenvalue weighted by molar-refractivity contribution is -0.134. The highest BCUT2D eigenvalue weighted by atomic mass is 32.2. The largest absolute Gasteiger partial charge is 0.481 e. The molecule has 3 atom stereocenters. The van der Waals surface area contributed by atoms with Crippen molar-refractivity contribution < 1.29 is 23.1 Å². The number of amides is 1. The Hall–Kier alpha value is -2.39. The van der Waals surface area contributed by atoms with Crippen LogP contribution >= 0.6 is 0 Å². The Kier molecular flexibility index (Phi) is 6.00. The first kappa shape index (κ1) is 21.3. The van der Waals surface area contributed by atoms with Gasteiger partial charge in [-0.2, -0.15) is 0 Å². The molecular formula is C20H27N3O5S. The quantitative estimate of drug-likeness (QED) is 0.791. The third kappa shape index (κ3) is 4.45. The number of hydrogen-bond acceptors (Lipinski definition) is 5. The van der Waals surface area contributed by atoms with Crippen LogP contribution in [0.4, 0.5) is 0 Å². The van der Waals surface area contributed by atoms with E-state index in [9.17, 15) is 13.2 Å². The summed E-state index contributed by atoms with van der Waals surface area (Å²) in [6, 6.07) is 9.94. The fourth-order valence-corrected chi connectivity index (χ4v) is 6.77. The van der Waals surface area contributed by atoms with E-state index in [1.165, 1.54) is 0 Å². The van der Waals surface area contributed by atoms with Crippen molar-refractivity contribution in [3.05, 3.63) is 36.5 Å². The summed E-state index contributed by atoms with van der Waals surface area (Å²) in [7, 11) is 0.708. The molecule has 2 fully saturated rings. The first-order chi connectivity index (χ1) is 13.6. The number of rotatable bonds is 3. The minimum atomic E-state index is -3.12. The average molecular weight is 422 g/mol. The number of hydrogen-bond donors (Lipinski definition) is 1. The number of fused-ring (bicyclic) bond motifs is 2. The molecule has 0 radical (unpaired) electrons. The van der Waals surface area contributed by atoms with Crippen molar-refractivity contribution in [1.82, 2.24) is 14.4 Å².